The van der Waals surface area contributed by atoms with Crippen LogP contribution in [0.15, 0.2) is 48.7 Å². The van der Waals surface area contributed by atoms with Gasteiger partial charge in [0, 0.05) is 25.4 Å². The second kappa shape index (κ2) is 7.01. The summed E-state index contributed by atoms with van der Waals surface area (Å²) in [7, 11) is 1.71. The Labute approximate surface area is 144 Å². The lowest BCUT2D eigenvalue weighted by Crippen LogP contribution is -2.27. The van der Waals surface area contributed by atoms with E-state index in [1.54, 1.807) is 35.0 Å². The summed E-state index contributed by atoms with van der Waals surface area (Å²) in [5, 5.41) is 5.82. The molecule has 0 unspecified atom stereocenters. The van der Waals surface area contributed by atoms with Crippen LogP contribution in [0.2, 0.25) is 5.02 Å². The topological polar surface area (TPSA) is 38.1 Å². The molecular weight excluding hydrogens is 329 g/mol. The van der Waals surface area contributed by atoms with Gasteiger partial charge in [0.05, 0.1) is 23.3 Å². The number of hydrogen-bond donors (Lipinski definition) is 0. The first-order chi connectivity index (χ1) is 11.5. The third-order valence-corrected chi connectivity index (χ3v) is 4.24. The molecule has 1 heterocycles. The van der Waals surface area contributed by atoms with E-state index in [0.29, 0.717) is 24.5 Å². The molecule has 0 radical (unpaired) electrons. The molecule has 3 rings (SSSR count). The molecule has 0 bridgehead atoms. The van der Waals surface area contributed by atoms with Crippen LogP contribution in [0, 0.1) is 5.82 Å². The predicted molar refractivity (Wildman–Crippen MR) is 92.2 cm³/mol. The maximum Gasteiger partial charge on any atom is 0.224 e. The number of amides is 1. The number of hydrogen-bond acceptors (Lipinski definition) is 2. The fraction of sp³-hybridized carbons (Fsp3) is 0.222. The Kier molecular flexibility index (Phi) is 4.81. The van der Waals surface area contributed by atoms with Crippen LogP contribution in [0.4, 0.5) is 4.39 Å². The third kappa shape index (κ3) is 3.57. The average molecular weight is 346 g/mol. The molecule has 0 aliphatic heterocycles. The van der Waals surface area contributed by atoms with Crippen LogP contribution in [-0.4, -0.2) is 27.6 Å². The summed E-state index contributed by atoms with van der Waals surface area (Å²) in [5.41, 5.74) is 1.67. The molecule has 0 N–H and O–H groups in total. The van der Waals surface area contributed by atoms with Gasteiger partial charge in [0.25, 0.3) is 0 Å². The smallest absolute Gasteiger partial charge is 0.224 e. The zero-order valence-corrected chi connectivity index (χ0v) is 14.0. The van der Waals surface area contributed by atoms with Crippen molar-refractivity contribution in [3.05, 3.63) is 65.1 Å². The van der Waals surface area contributed by atoms with Gasteiger partial charge in [-0.1, -0.05) is 29.8 Å². The van der Waals surface area contributed by atoms with Gasteiger partial charge in [0.15, 0.2) is 0 Å². The molecular formula is C18H17ClFN3O. The van der Waals surface area contributed by atoms with Crippen LogP contribution in [0.5, 0.6) is 0 Å². The Bertz CT molecular complexity index is 878. The van der Waals surface area contributed by atoms with E-state index in [-0.39, 0.29) is 11.7 Å². The normalized spacial score (nSPS) is 11.0. The van der Waals surface area contributed by atoms with E-state index in [0.717, 1.165) is 16.5 Å². The summed E-state index contributed by atoms with van der Waals surface area (Å²) >= 11 is 6.13. The Morgan fingerprint density at radius 2 is 2.08 bits per heavy atom. The fourth-order valence-corrected chi connectivity index (χ4v) is 2.85. The number of fused-ring (bicyclic) bond motifs is 1. The lowest BCUT2D eigenvalue weighted by molar-refractivity contribution is -0.130. The molecule has 2 aromatic carbocycles. The van der Waals surface area contributed by atoms with Gasteiger partial charge < -0.3 is 4.90 Å². The lowest BCUT2D eigenvalue weighted by Gasteiger charge is -2.17. The van der Waals surface area contributed by atoms with Gasteiger partial charge in [0.2, 0.25) is 5.91 Å². The standard InChI is InChI=1S/C18H17ClFN3O/c1-22(12-13-4-2-5-14(20)10-13)18(24)8-9-23-17-7-3-6-16(19)15(17)11-21-23/h2-7,10-11H,8-9,12H2,1H3. The van der Waals surface area contributed by atoms with Gasteiger partial charge in [-0.3, -0.25) is 9.48 Å². The van der Waals surface area contributed by atoms with Gasteiger partial charge in [-0.15, -0.1) is 0 Å². The molecule has 124 valence electrons. The molecule has 0 saturated heterocycles. The molecule has 0 fully saturated rings. The highest BCUT2D eigenvalue weighted by Gasteiger charge is 2.12. The first-order valence-electron chi connectivity index (χ1n) is 7.63. The van der Waals surface area contributed by atoms with E-state index in [1.165, 1.54) is 12.1 Å². The van der Waals surface area contributed by atoms with Crippen molar-refractivity contribution in [3.63, 3.8) is 0 Å². The second-order valence-corrected chi connectivity index (χ2v) is 6.08. The Morgan fingerprint density at radius 3 is 2.88 bits per heavy atom. The van der Waals surface area contributed by atoms with Gasteiger partial charge in [-0.05, 0) is 29.8 Å². The third-order valence-electron chi connectivity index (χ3n) is 3.91. The maximum atomic E-state index is 13.2. The van der Waals surface area contributed by atoms with Gasteiger partial charge in [-0.2, -0.15) is 5.10 Å². The van der Waals surface area contributed by atoms with Gasteiger partial charge >= 0.3 is 0 Å². The minimum atomic E-state index is -0.298. The molecule has 4 nitrogen and oxygen atoms in total. The Balaban J connectivity index is 1.63. The van der Waals surface area contributed by atoms with Crippen LogP contribution in [0.25, 0.3) is 10.9 Å². The van der Waals surface area contributed by atoms with E-state index in [1.807, 2.05) is 18.2 Å². The average Bonchev–Trinajstić information content (AvgIpc) is 2.97. The van der Waals surface area contributed by atoms with Crippen LogP contribution in [-0.2, 0) is 17.9 Å². The van der Waals surface area contributed by atoms with Crippen molar-refractivity contribution in [1.82, 2.24) is 14.7 Å². The number of nitrogens with zero attached hydrogens (tertiary/aromatic N) is 3. The van der Waals surface area contributed by atoms with Crippen molar-refractivity contribution in [1.29, 1.82) is 0 Å². The molecule has 3 aromatic rings. The number of benzene rings is 2. The number of rotatable bonds is 5. The van der Waals surface area contributed by atoms with E-state index in [9.17, 15) is 9.18 Å². The minimum absolute atomic E-state index is 0.0232. The molecule has 1 aromatic heterocycles. The van der Waals surface area contributed by atoms with E-state index >= 15 is 0 Å². The highest BCUT2D eigenvalue weighted by atomic mass is 35.5. The lowest BCUT2D eigenvalue weighted by atomic mass is 10.2. The van der Waals surface area contributed by atoms with Crippen molar-refractivity contribution in [2.75, 3.05) is 7.05 Å². The van der Waals surface area contributed by atoms with Crippen molar-refractivity contribution >= 4 is 28.4 Å². The number of carbonyl (C=O) groups excluding carboxylic acids is 1. The monoisotopic (exact) mass is 345 g/mol. The van der Waals surface area contributed by atoms with Crippen molar-refractivity contribution in [3.8, 4) is 0 Å². The van der Waals surface area contributed by atoms with Crippen LogP contribution < -0.4 is 0 Å². The minimum Gasteiger partial charge on any atom is -0.341 e. The van der Waals surface area contributed by atoms with Gasteiger partial charge in [0.1, 0.15) is 5.82 Å². The van der Waals surface area contributed by atoms with Crippen LogP contribution in [0.1, 0.15) is 12.0 Å². The second-order valence-electron chi connectivity index (χ2n) is 5.67. The molecule has 24 heavy (non-hydrogen) atoms. The maximum absolute atomic E-state index is 13.2. The number of halogens is 2. The molecule has 0 aliphatic carbocycles. The first kappa shape index (κ1) is 16.5. The van der Waals surface area contributed by atoms with E-state index in [4.69, 9.17) is 11.6 Å². The molecule has 0 aliphatic rings. The summed E-state index contributed by atoms with van der Waals surface area (Å²) in [6, 6.07) is 11.9. The zero-order chi connectivity index (χ0) is 17.1. The van der Waals surface area contributed by atoms with Crippen LogP contribution in [0.3, 0.4) is 0 Å². The Hall–Kier alpha value is -2.40. The molecule has 0 saturated carbocycles. The SMILES string of the molecule is CN(Cc1cccc(F)c1)C(=O)CCn1ncc2c(Cl)cccc21. The van der Waals surface area contributed by atoms with Crippen molar-refractivity contribution in [2.45, 2.75) is 19.5 Å². The first-order valence-corrected chi connectivity index (χ1v) is 8.01. The van der Waals surface area contributed by atoms with Crippen LogP contribution >= 0.6 is 11.6 Å². The van der Waals surface area contributed by atoms with E-state index in [2.05, 4.69) is 5.10 Å². The summed E-state index contributed by atoms with van der Waals surface area (Å²) in [6.45, 7) is 0.846. The highest BCUT2D eigenvalue weighted by Crippen LogP contribution is 2.22. The summed E-state index contributed by atoms with van der Waals surface area (Å²) in [4.78, 5) is 13.9. The van der Waals surface area contributed by atoms with Crippen molar-refractivity contribution in [2.24, 2.45) is 0 Å². The zero-order valence-electron chi connectivity index (χ0n) is 13.2. The fourth-order valence-electron chi connectivity index (χ4n) is 2.64. The molecule has 0 spiro atoms. The summed E-state index contributed by atoms with van der Waals surface area (Å²) in [5.74, 6) is -0.321. The summed E-state index contributed by atoms with van der Waals surface area (Å²) < 4.78 is 15.0. The highest BCUT2D eigenvalue weighted by molar-refractivity contribution is 6.35. The van der Waals surface area contributed by atoms with E-state index < -0.39 is 0 Å². The predicted octanol–water partition coefficient (Wildman–Crippen LogP) is 3.88. The molecule has 0 atom stereocenters. The van der Waals surface area contributed by atoms with Crippen molar-refractivity contribution < 1.29 is 9.18 Å². The molecule has 1 amide bonds. The number of aromatic nitrogens is 2. The number of carbonyl (C=O) groups is 1. The van der Waals surface area contributed by atoms with Gasteiger partial charge in [-0.25, -0.2) is 4.39 Å². The quantitative estimate of drug-likeness (QED) is 0.704. The molecule has 6 heteroatoms. The summed E-state index contributed by atoms with van der Waals surface area (Å²) in [6.07, 6.45) is 2.02. The number of aryl methyl sites for hydroxylation is 1. The Morgan fingerprint density at radius 1 is 1.29 bits per heavy atom. The largest absolute Gasteiger partial charge is 0.341 e.